The van der Waals surface area contributed by atoms with E-state index in [-0.39, 0.29) is 17.0 Å². The third-order valence-corrected chi connectivity index (χ3v) is 3.51. The summed E-state index contributed by atoms with van der Waals surface area (Å²) in [7, 11) is 1.69. The second-order valence-electron chi connectivity index (χ2n) is 4.84. The largest absolute Gasteiger partial charge is 0.497 e. The molecule has 2 nitrogen and oxygen atoms in total. The van der Waals surface area contributed by atoms with Crippen LogP contribution in [0.2, 0.25) is 0 Å². The Hall–Kier alpha value is -2.00. The van der Waals surface area contributed by atoms with Crippen LogP contribution >= 0.6 is 17.0 Å². The molecule has 2 aromatic rings. The molecule has 3 heteroatoms. The fourth-order valence-electron chi connectivity index (χ4n) is 2.42. The molecule has 0 aliphatic carbocycles. The maximum absolute atomic E-state index is 5.30. The molecule has 21 heavy (non-hydrogen) atoms. The van der Waals surface area contributed by atoms with Crippen LogP contribution in [0.5, 0.6) is 5.75 Å². The highest BCUT2D eigenvalue weighted by Crippen LogP contribution is 2.35. The van der Waals surface area contributed by atoms with Gasteiger partial charge in [-0.2, -0.15) is 0 Å². The van der Waals surface area contributed by atoms with Crippen LogP contribution in [0.1, 0.15) is 11.1 Å². The van der Waals surface area contributed by atoms with E-state index in [0.29, 0.717) is 0 Å². The van der Waals surface area contributed by atoms with Gasteiger partial charge in [0.05, 0.1) is 7.11 Å². The van der Waals surface area contributed by atoms with Crippen molar-refractivity contribution in [2.45, 2.75) is 6.54 Å². The van der Waals surface area contributed by atoms with E-state index in [9.17, 15) is 0 Å². The lowest BCUT2D eigenvalue weighted by molar-refractivity contribution is 0.414. The Kier molecular flexibility index (Phi) is 4.86. The first kappa shape index (κ1) is 15.4. The Morgan fingerprint density at radius 3 is 2.57 bits per heavy atom. The number of halogens is 1. The van der Waals surface area contributed by atoms with Gasteiger partial charge in [0.25, 0.3) is 0 Å². The molecule has 0 N–H and O–H groups in total. The van der Waals surface area contributed by atoms with Gasteiger partial charge in [0.2, 0.25) is 0 Å². The fraction of sp³-hybridized carbons (Fsp3) is 0.111. The zero-order chi connectivity index (χ0) is 13.9. The Bertz CT molecular complexity index is 664. The third-order valence-electron chi connectivity index (χ3n) is 3.51. The first-order valence-electron chi connectivity index (χ1n) is 6.64. The summed E-state index contributed by atoms with van der Waals surface area (Å²) in [5.74, 6) is 0.861. The summed E-state index contributed by atoms with van der Waals surface area (Å²) >= 11 is 0. The normalized spacial score (nSPS) is 12.6. The molecule has 1 aliphatic heterocycles. The SMILES string of the molecule is Br.C=C1C=CN(Cc2ccccc2)c2ccc(OC)cc21. The molecule has 1 aliphatic rings. The van der Waals surface area contributed by atoms with E-state index in [0.717, 1.165) is 23.4 Å². The summed E-state index contributed by atoms with van der Waals surface area (Å²) in [5, 5.41) is 0. The second kappa shape index (κ2) is 6.64. The molecule has 0 bridgehead atoms. The van der Waals surface area contributed by atoms with E-state index in [1.54, 1.807) is 7.11 Å². The minimum atomic E-state index is 0. The van der Waals surface area contributed by atoms with Crippen molar-refractivity contribution in [2.75, 3.05) is 12.0 Å². The fourth-order valence-corrected chi connectivity index (χ4v) is 2.42. The van der Waals surface area contributed by atoms with Gasteiger partial charge in [0.1, 0.15) is 5.75 Å². The lowest BCUT2D eigenvalue weighted by Gasteiger charge is -2.27. The van der Waals surface area contributed by atoms with Gasteiger partial charge >= 0.3 is 0 Å². The average Bonchev–Trinajstić information content (AvgIpc) is 2.51. The van der Waals surface area contributed by atoms with Crippen LogP contribution in [0.3, 0.4) is 0 Å². The quantitative estimate of drug-likeness (QED) is 0.792. The van der Waals surface area contributed by atoms with E-state index in [1.807, 2.05) is 24.3 Å². The average molecular weight is 344 g/mol. The molecule has 0 radical (unpaired) electrons. The molecule has 0 amide bonds. The number of benzene rings is 2. The topological polar surface area (TPSA) is 12.5 Å². The number of rotatable bonds is 3. The lowest BCUT2D eigenvalue weighted by Crippen LogP contribution is -2.19. The second-order valence-corrected chi connectivity index (χ2v) is 4.84. The lowest BCUT2D eigenvalue weighted by atomic mass is 10.0. The van der Waals surface area contributed by atoms with E-state index < -0.39 is 0 Å². The molecule has 0 unspecified atom stereocenters. The zero-order valence-electron chi connectivity index (χ0n) is 12.0. The molecule has 0 spiro atoms. The first-order valence-corrected chi connectivity index (χ1v) is 6.64. The van der Waals surface area contributed by atoms with Gasteiger partial charge in [-0.15, -0.1) is 17.0 Å². The van der Waals surface area contributed by atoms with Crippen LogP contribution < -0.4 is 9.64 Å². The van der Waals surface area contributed by atoms with Crippen molar-refractivity contribution in [1.29, 1.82) is 0 Å². The summed E-state index contributed by atoms with van der Waals surface area (Å²) in [5.41, 5.74) is 4.60. The number of fused-ring (bicyclic) bond motifs is 1. The van der Waals surface area contributed by atoms with Crippen LogP contribution in [-0.2, 0) is 6.54 Å². The van der Waals surface area contributed by atoms with Gasteiger partial charge in [0, 0.05) is 24.0 Å². The van der Waals surface area contributed by atoms with Gasteiger partial charge in [-0.05, 0) is 35.4 Å². The van der Waals surface area contributed by atoms with Crippen LogP contribution in [0.25, 0.3) is 5.57 Å². The number of methoxy groups -OCH3 is 1. The summed E-state index contributed by atoms with van der Waals surface area (Å²) in [6, 6.07) is 16.6. The molecule has 2 aromatic carbocycles. The Labute approximate surface area is 136 Å². The summed E-state index contributed by atoms with van der Waals surface area (Å²) in [6.07, 6.45) is 4.13. The van der Waals surface area contributed by atoms with Crippen molar-refractivity contribution < 1.29 is 4.74 Å². The molecular formula is C18H18BrNO. The van der Waals surface area contributed by atoms with Gasteiger partial charge in [-0.3, -0.25) is 0 Å². The Balaban J connectivity index is 0.00000161. The van der Waals surface area contributed by atoms with E-state index in [2.05, 4.69) is 48.0 Å². The van der Waals surface area contributed by atoms with E-state index >= 15 is 0 Å². The highest BCUT2D eigenvalue weighted by atomic mass is 79.9. The highest BCUT2D eigenvalue weighted by molar-refractivity contribution is 8.93. The summed E-state index contributed by atoms with van der Waals surface area (Å²) in [4.78, 5) is 2.23. The molecule has 0 saturated carbocycles. The van der Waals surface area contributed by atoms with Gasteiger partial charge in [-0.25, -0.2) is 0 Å². The van der Waals surface area contributed by atoms with Crippen molar-refractivity contribution in [1.82, 2.24) is 0 Å². The maximum atomic E-state index is 5.30. The maximum Gasteiger partial charge on any atom is 0.119 e. The van der Waals surface area contributed by atoms with Crippen LogP contribution in [0.4, 0.5) is 5.69 Å². The van der Waals surface area contributed by atoms with Gasteiger partial charge < -0.3 is 9.64 Å². The summed E-state index contributed by atoms with van der Waals surface area (Å²) in [6.45, 7) is 4.95. The molecule has 108 valence electrons. The Morgan fingerprint density at radius 2 is 1.86 bits per heavy atom. The van der Waals surface area contributed by atoms with E-state index in [1.165, 1.54) is 11.3 Å². The number of allylic oxidation sites excluding steroid dienone is 2. The van der Waals surface area contributed by atoms with Crippen molar-refractivity contribution in [2.24, 2.45) is 0 Å². The van der Waals surface area contributed by atoms with Crippen molar-refractivity contribution in [3.63, 3.8) is 0 Å². The monoisotopic (exact) mass is 343 g/mol. The smallest absolute Gasteiger partial charge is 0.119 e. The molecule has 0 atom stereocenters. The Morgan fingerprint density at radius 1 is 1.10 bits per heavy atom. The number of hydrogen-bond acceptors (Lipinski definition) is 2. The van der Waals surface area contributed by atoms with Crippen molar-refractivity contribution in [3.05, 3.63) is 78.5 Å². The van der Waals surface area contributed by atoms with Gasteiger partial charge in [-0.1, -0.05) is 36.9 Å². The number of nitrogens with zero attached hydrogens (tertiary/aromatic N) is 1. The van der Waals surface area contributed by atoms with Crippen LogP contribution in [0, 0.1) is 0 Å². The molecule has 3 rings (SSSR count). The number of hydrogen-bond donors (Lipinski definition) is 0. The predicted octanol–water partition coefficient (Wildman–Crippen LogP) is 4.82. The van der Waals surface area contributed by atoms with Crippen molar-refractivity contribution in [3.8, 4) is 5.75 Å². The first-order chi connectivity index (χ1) is 9.78. The van der Waals surface area contributed by atoms with Gasteiger partial charge in [0.15, 0.2) is 0 Å². The molecule has 0 aromatic heterocycles. The van der Waals surface area contributed by atoms with Crippen LogP contribution in [-0.4, -0.2) is 7.11 Å². The number of anilines is 1. The zero-order valence-corrected chi connectivity index (χ0v) is 13.7. The molecule has 0 saturated heterocycles. The summed E-state index contributed by atoms with van der Waals surface area (Å²) < 4.78 is 5.30. The van der Waals surface area contributed by atoms with E-state index in [4.69, 9.17) is 4.74 Å². The number of ether oxygens (including phenoxy) is 1. The standard InChI is InChI=1S/C18H17NO.BrH/c1-14-10-11-19(13-15-6-4-3-5-7-15)18-9-8-16(20-2)12-17(14)18;/h3-12H,1,13H2,2H3;1H. The minimum Gasteiger partial charge on any atom is -0.497 e. The molecule has 1 heterocycles. The molecular weight excluding hydrogens is 326 g/mol. The van der Waals surface area contributed by atoms with Crippen LogP contribution in [0.15, 0.2) is 67.4 Å². The predicted molar refractivity (Wildman–Crippen MR) is 94.1 cm³/mol. The minimum absolute atomic E-state index is 0. The van der Waals surface area contributed by atoms with Crippen molar-refractivity contribution >= 4 is 28.2 Å². The third kappa shape index (κ3) is 3.19. The highest BCUT2D eigenvalue weighted by Gasteiger charge is 2.16. The molecule has 0 fully saturated rings.